The predicted molar refractivity (Wildman–Crippen MR) is 63.9 cm³/mol. The fourth-order valence-corrected chi connectivity index (χ4v) is 1.41. The summed E-state index contributed by atoms with van der Waals surface area (Å²) in [6, 6.07) is 0. The summed E-state index contributed by atoms with van der Waals surface area (Å²) in [5.74, 6) is -0.896. The first-order valence-corrected chi connectivity index (χ1v) is 6.36. The summed E-state index contributed by atoms with van der Waals surface area (Å²) < 4.78 is 4.78. The maximum atomic E-state index is 11.4. The normalized spacial score (nSPS) is 12.2. The second-order valence-corrected chi connectivity index (χ2v) is 4.29. The molecule has 0 bridgehead atoms. The Morgan fingerprint density at radius 1 is 1.06 bits per heavy atom. The predicted octanol–water partition coefficient (Wildman–Crippen LogP) is 3.46. The number of carbonyl (C=O) groups is 2. The van der Waals surface area contributed by atoms with E-state index in [1.165, 1.54) is 0 Å². The SMILES string of the molecule is CCCCCC(=O)OC(=O)C(C)CCCC. The van der Waals surface area contributed by atoms with E-state index in [4.69, 9.17) is 4.74 Å². The van der Waals surface area contributed by atoms with Crippen LogP contribution in [0.4, 0.5) is 0 Å². The van der Waals surface area contributed by atoms with Crippen molar-refractivity contribution < 1.29 is 14.3 Å². The van der Waals surface area contributed by atoms with Crippen LogP contribution >= 0.6 is 0 Å². The highest BCUT2D eigenvalue weighted by atomic mass is 16.6. The molecule has 0 heterocycles. The second kappa shape index (κ2) is 9.37. The third-order valence-electron chi connectivity index (χ3n) is 2.59. The molecule has 0 aromatic heterocycles. The van der Waals surface area contributed by atoms with Crippen molar-refractivity contribution in [2.45, 2.75) is 65.7 Å². The van der Waals surface area contributed by atoms with Gasteiger partial charge in [0, 0.05) is 6.42 Å². The Balaban J connectivity index is 3.72. The molecule has 0 aliphatic heterocycles. The van der Waals surface area contributed by atoms with E-state index in [9.17, 15) is 9.59 Å². The summed E-state index contributed by atoms with van der Waals surface area (Å²) in [5.41, 5.74) is 0. The summed E-state index contributed by atoms with van der Waals surface area (Å²) in [5, 5.41) is 0. The molecule has 0 amide bonds. The minimum absolute atomic E-state index is 0.157. The molecule has 1 atom stereocenters. The molecule has 0 N–H and O–H groups in total. The average Bonchev–Trinajstić information content (AvgIpc) is 2.26. The summed E-state index contributed by atoms with van der Waals surface area (Å²) in [4.78, 5) is 22.7. The molecule has 0 rings (SSSR count). The van der Waals surface area contributed by atoms with Crippen LogP contribution in [0.25, 0.3) is 0 Å². The van der Waals surface area contributed by atoms with Crippen molar-refractivity contribution in [2.24, 2.45) is 5.92 Å². The van der Waals surface area contributed by atoms with E-state index < -0.39 is 0 Å². The van der Waals surface area contributed by atoms with Crippen LogP contribution in [0.5, 0.6) is 0 Å². The summed E-state index contributed by atoms with van der Waals surface area (Å²) in [7, 11) is 0. The molecule has 0 aromatic carbocycles. The number of ether oxygens (including phenoxy) is 1. The van der Waals surface area contributed by atoms with E-state index in [0.29, 0.717) is 6.42 Å². The van der Waals surface area contributed by atoms with Crippen LogP contribution in [0.15, 0.2) is 0 Å². The fourth-order valence-electron chi connectivity index (χ4n) is 1.41. The lowest BCUT2D eigenvalue weighted by Crippen LogP contribution is -2.19. The Bertz CT molecular complexity index is 211. The van der Waals surface area contributed by atoms with Gasteiger partial charge in [-0.1, -0.05) is 46.5 Å². The molecule has 1 unspecified atom stereocenters. The quantitative estimate of drug-likeness (QED) is 0.363. The average molecular weight is 228 g/mol. The Kier molecular flexibility index (Phi) is 8.87. The maximum absolute atomic E-state index is 11.4. The Labute approximate surface area is 98.6 Å². The van der Waals surface area contributed by atoms with Crippen molar-refractivity contribution in [3.05, 3.63) is 0 Å². The molecule has 3 heteroatoms. The molecule has 0 aliphatic rings. The van der Waals surface area contributed by atoms with Gasteiger partial charge >= 0.3 is 11.9 Å². The van der Waals surface area contributed by atoms with Crippen molar-refractivity contribution in [3.8, 4) is 0 Å². The first-order chi connectivity index (χ1) is 7.61. The molecule has 0 saturated carbocycles. The standard InChI is InChI=1S/C13H24O3/c1-4-6-8-10-12(14)16-13(15)11(3)9-7-5-2/h11H,4-10H2,1-3H3. The van der Waals surface area contributed by atoms with Crippen LogP contribution in [0.1, 0.15) is 65.7 Å². The highest BCUT2D eigenvalue weighted by Crippen LogP contribution is 2.10. The third-order valence-corrected chi connectivity index (χ3v) is 2.59. The third kappa shape index (κ3) is 7.43. The minimum atomic E-state index is -0.373. The summed E-state index contributed by atoms with van der Waals surface area (Å²) in [6.45, 7) is 5.97. The maximum Gasteiger partial charge on any atom is 0.316 e. The first-order valence-electron chi connectivity index (χ1n) is 6.36. The van der Waals surface area contributed by atoms with Gasteiger partial charge in [-0.15, -0.1) is 0 Å². The molecule has 3 nitrogen and oxygen atoms in total. The van der Waals surface area contributed by atoms with Gasteiger partial charge in [-0.25, -0.2) is 0 Å². The number of hydrogen-bond acceptors (Lipinski definition) is 3. The molecule has 94 valence electrons. The van der Waals surface area contributed by atoms with E-state index in [-0.39, 0.29) is 17.9 Å². The van der Waals surface area contributed by atoms with E-state index >= 15 is 0 Å². The number of unbranched alkanes of at least 4 members (excludes halogenated alkanes) is 3. The lowest BCUT2D eigenvalue weighted by atomic mass is 10.1. The van der Waals surface area contributed by atoms with E-state index in [2.05, 4.69) is 13.8 Å². The second-order valence-electron chi connectivity index (χ2n) is 4.29. The number of carbonyl (C=O) groups excluding carboxylic acids is 2. The summed E-state index contributed by atoms with van der Waals surface area (Å²) in [6.07, 6.45) is 6.11. The lowest BCUT2D eigenvalue weighted by molar-refractivity contribution is -0.162. The number of hydrogen-bond donors (Lipinski definition) is 0. The van der Waals surface area contributed by atoms with Gasteiger partial charge in [-0.3, -0.25) is 9.59 Å². The van der Waals surface area contributed by atoms with Crippen molar-refractivity contribution >= 4 is 11.9 Å². The van der Waals surface area contributed by atoms with Gasteiger partial charge in [0.1, 0.15) is 0 Å². The molecular formula is C13H24O3. The van der Waals surface area contributed by atoms with Gasteiger partial charge in [0.2, 0.25) is 0 Å². The smallest absolute Gasteiger partial charge is 0.316 e. The van der Waals surface area contributed by atoms with Gasteiger partial charge in [0.25, 0.3) is 0 Å². The van der Waals surface area contributed by atoms with Crippen molar-refractivity contribution in [3.63, 3.8) is 0 Å². The van der Waals surface area contributed by atoms with Crippen LogP contribution in [0, 0.1) is 5.92 Å². The van der Waals surface area contributed by atoms with Gasteiger partial charge in [0.05, 0.1) is 5.92 Å². The first kappa shape index (κ1) is 15.1. The molecule has 0 fully saturated rings. The summed E-state index contributed by atoms with van der Waals surface area (Å²) >= 11 is 0. The van der Waals surface area contributed by atoms with Crippen LogP contribution in [0.2, 0.25) is 0 Å². The number of esters is 2. The van der Waals surface area contributed by atoms with Crippen molar-refractivity contribution in [1.82, 2.24) is 0 Å². The molecule has 0 spiro atoms. The van der Waals surface area contributed by atoms with Gasteiger partial charge in [-0.05, 0) is 12.8 Å². The van der Waals surface area contributed by atoms with Gasteiger partial charge in [-0.2, -0.15) is 0 Å². The van der Waals surface area contributed by atoms with Crippen molar-refractivity contribution in [1.29, 1.82) is 0 Å². The molecule has 16 heavy (non-hydrogen) atoms. The van der Waals surface area contributed by atoms with E-state index in [1.54, 1.807) is 0 Å². The monoisotopic (exact) mass is 228 g/mol. The molecule has 0 aliphatic carbocycles. The molecule has 0 radical (unpaired) electrons. The van der Waals surface area contributed by atoms with Crippen LogP contribution in [0.3, 0.4) is 0 Å². The minimum Gasteiger partial charge on any atom is -0.393 e. The Morgan fingerprint density at radius 3 is 2.25 bits per heavy atom. The highest BCUT2D eigenvalue weighted by molar-refractivity contribution is 5.86. The zero-order valence-corrected chi connectivity index (χ0v) is 10.8. The van der Waals surface area contributed by atoms with Gasteiger partial charge in [0.15, 0.2) is 0 Å². The van der Waals surface area contributed by atoms with Crippen molar-refractivity contribution in [2.75, 3.05) is 0 Å². The van der Waals surface area contributed by atoms with Crippen LogP contribution < -0.4 is 0 Å². The van der Waals surface area contributed by atoms with Crippen LogP contribution in [-0.4, -0.2) is 11.9 Å². The van der Waals surface area contributed by atoms with E-state index in [0.717, 1.165) is 38.5 Å². The Morgan fingerprint density at radius 2 is 1.69 bits per heavy atom. The zero-order valence-electron chi connectivity index (χ0n) is 10.8. The zero-order chi connectivity index (χ0) is 12.4. The lowest BCUT2D eigenvalue weighted by Gasteiger charge is -2.09. The van der Waals surface area contributed by atoms with E-state index in [1.807, 2.05) is 6.92 Å². The molecule has 0 saturated heterocycles. The fraction of sp³-hybridized carbons (Fsp3) is 0.846. The number of rotatable bonds is 8. The molecule has 0 aromatic rings. The van der Waals surface area contributed by atoms with Gasteiger partial charge < -0.3 is 4.74 Å². The van der Waals surface area contributed by atoms with Crippen LogP contribution in [-0.2, 0) is 14.3 Å². The topological polar surface area (TPSA) is 43.4 Å². The Hall–Kier alpha value is -0.860. The molecular weight excluding hydrogens is 204 g/mol. The highest BCUT2D eigenvalue weighted by Gasteiger charge is 2.17. The largest absolute Gasteiger partial charge is 0.393 e.